The van der Waals surface area contributed by atoms with Gasteiger partial charge < -0.3 is 19.7 Å². The first kappa shape index (κ1) is 21.4. The van der Waals surface area contributed by atoms with Crippen molar-refractivity contribution in [1.82, 2.24) is 0 Å². The fourth-order valence-electron chi connectivity index (χ4n) is 3.40. The Morgan fingerprint density at radius 3 is 2.53 bits per heavy atom. The number of esters is 1. The number of anilines is 2. The lowest BCUT2D eigenvalue weighted by Gasteiger charge is -2.17. The molecule has 2 aromatic carbocycles. The molecule has 0 aromatic heterocycles. The summed E-state index contributed by atoms with van der Waals surface area (Å²) >= 11 is 0. The van der Waals surface area contributed by atoms with Crippen LogP contribution >= 0.6 is 0 Å². The summed E-state index contributed by atoms with van der Waals surface area (Å²) in [6.45, 7) is 4.30. The summed E-state index contributed by atoms with van der Waals surface area (Å²) in [5, 5.41) is 2.76. The predicted molar refractivity (Wildman–Crippen MR) is 113 cm³/mol. The number of rotatable bonds is 8. The molecule has 2 amide bonds. The van der Waals surface area contributed by atoms with Crippen molar-refractivity contribution >= 4 is 29.2 Å². The molecule has 0 radical (unpaired) electrons. The number of amides is 2. The molecule has 1 heterocycles. The lowest BCUT2D eigenvalue weighted by Crippen LogP contribution is -2.28. The van der Waals surface area contributed by atoms with E-state index in [1.165, 1.54) is 0 Å². The Morgan fingerprint density at radius 1 is 1.10 bits per heavy atom. The number of para-hydroxylation sites is 1. The van der Waals surface area contributed by atoms with Crippen LogP contribution in [0, 0.1) is 5.92 Å². The molecule has 2 aromatic rings. The lowest BCUT2D eigenvalue weighted by atomic mass is 10.1. The molecule has 1 atom stereocenters. The largest absolute Gasteiger partial charge is 0.494 e. The normalized spacial score (nSPS) is 15.7. The quantitative estimate of drug-likeness (QED) is 0.676. The van der Waals surface area contributed by atoms with Gasteiger partial charge >= 0.3 is 5.97 Å². The third-order valence-corrected chi connectivity index (χ3v) is 4.94. The molecule has 30 heavy (non-hydrogen) atoms. The Labute approximate surface area is 176 Å². The molecule has 1 aliphatic rings. The van der Waals surface area contributed by atoms with Crippen molar-refractivity contribution in [1.29, 1.82) is 0 Å². The van der Waals surface area contributed by atoms with Crippen molar-refractivity contribution in [3.63, 3.8) is 0 Å². The molecule has 0 aliphatic carbocycles. The van der Waals surface area contributed by atoms with Crippen LogP contribution in [0.4, 0.5) is 11.4 Å². The number of nitrogens with zero attached hydrogens (tertiary/aromatic N) is 1. The second-order valence-corrected chi connectivity index (χ2v) is 7.00. The molecular formula is C23H26N2O5. The van der Waals surface area contributed by atoms with Crippen LogP contribution in [0.2, 0.25) is 0 Å². The van der Waals surface area contributed by atoms with E-state index in [1.807, 2.05) is 38.1 Å². The summed E-state index contributed by atoms with van der Waals surface area (Å²) in [4.78, 5) is 38.5. The molecule has 0 saturated carbocycles. The Hall–Kier alpha value is -3.35. The van der Waals surface area contributed by atoms with Gasteiger partial charge in [-0.25, -0.2) is 0 Å². The number of carbonyl (C=O) groups is 3. The van der Waals surface area contributed by atoms with Gasteiger partial charge in [0.25, 0.3) is 5.91 Å². The SMILES string of the molecule is CCOc1ccc(N2CC(C(=O)OCC(=O)Nc3ccccc3CC)CC2=O)cc1. The van der Waals surface area contributed by atoms with Gasteiger partial charge in [0, 0.05) is 24.3 Å². The van der Waals surface area contributed by atoms with Crippen molar-refractivity contribution in [2.75, 3.05) is 30.0 Å². The Morgan fingerprint density at radius 2 is 1.83 bits per heavy atom. The zero-order valence-corrected chi connectivity index (χ0v) is 17.2. The maximum atomic E-state index is 12.4. The molecular weight excluding hydrogens is 384 g/mol. The second-order valence-electron chi connectivity index (χ2n) is 7.00. The highest BCUT2D eigenvalue weighted by molar-refractivity contribution is 6.00. The van der Waals surface area contributed by atoms with Crippen LogP contribution in [0.25, 0.3) is 0 Å². The zero-order valence-electron chi connectivity index (χ0n) is 17.2. The van der Waals surface area contributed by atoms with Gasteiger partial charge in [-0.05, 0) is 49.2 Å². The first-order valence-electron chi connectivity index (χ1n) is 10.1. The van der Waals surface area contributed by atoms with Crippen LogP contribution in [-0.2, 0) is 25.5 Å². The standard InChI is InChI=1S/C23H26N2O5/c1-3-16-7-5-6-8-20(16)24-21(26)15-30-23(28)17-13-22(27)25(14-17)18-9-11-19(12-10-18)29-4-2/h5-12,17H,3-4,13-15H2,1-2H3,(H,24,26). The highest BCUT2D eigenvalue weighted by Gasteiger charge is 2.36. The summed E-state index contributed by atoms with van der Waals surface area (Å²) in [7, 11) is 0. The van der Waals surface area contributed by atoms with Crippen LogP contribution in [0.1, 0.15) is 25.8 Å². The molecule has 1 aliphatic heterocycles. The van der Waals surface area contributed by atoms with Crippen molar-refractivity contribution in [3.8, 4) is 5.75 Å². The number of aryl methyl sites for hydroxylation is 1. The fraction of sp³-hybridized carbons (Fsp3) is 0.348. The monoisotopic (exact) mass is 410 g/mol. The minimum Gasteiger partial charge on any atom is -0.494 e. The molecule has 1 fully saturated rings. The minimum atomic E-state index is -0.597. The van der Waals surface area contributed by atoms with Gasteiger partial charge in [-0.2, -0.15) is 0 Å². The van der Waals surface area contributed by atoms with E-state index >= 15 is 0 Å². The first-order valence-corrected chi connectivity index (χ1v) is 10.1. The summed E-state index contributed by atoms with van der Waals surface area (Å²) in [5.41, 5.74) is 2.41. The van der Waals surface area contributed by atoms with Gasteiger partial charge in [-0.15, -0.1) is 0 Å². The van der Waals surface area contributed by atoms with E-state index in [1.54, 1.807) is 29.2 Å². The lowest BCUT2D eigenvalue weighted by molar-refractivity contribution is -0.151. The van der Waals surface area contributed by atoms with Gasteiger partial charge in [0.1, 0.15) is 5.75 Å². The average Bonchev–Trinajstić information content (AvgIpc) is 3.15. The highest BCUT2D eigenvalue weighted by atomic mass is 16.5. The van der Waals surface area contributed by atoms with Crippen molar-refractivity contribution in [2.24, 2.45) is 5.92 Å². The summed E-state index contributed by atoms with van der Waals surface area (Å²) < 4.78 is 10.6. The van der Waals surface area contributed by atoms with Gasteiger partial charge in [0.05, 0.1) is 12.5 Å². The topological polar surface area (TPSA) is 84.9 Å². The van der Waals surface area contributed by atoms with E-state index in [0.717, 1.165) is 17.7 Å². The summed E-state index contributed by atoms with van der Waals surface area (Å²) in [5.74, 6) is -0.977. The fourth-order valence-corrected chi connectivity index (χ4v) is 3.40. The smallest absolute Gasteiger partial charge is 0.311 e. The van der Waals surface area contributed by atoms with E-state index in [9.17, 15) is 14.4 Å². The van der Waals surface area contributed by atoms with Gasteiger partial charge in [-0.1, -0.05) is 25.1 Å². The highest BCUT2D eigenvalue weighted by Crippen LogP contribution is 2.27. The zero-order chi connectivity index (χ0) is 21.5. The van der Waals surface area contributed by atoms with Crippen LogP contribution in [-0.4, -0.2) is 37.5 Å². The number of hydrogen-bond acceptors (Lipinski definition) is 5. The van der Waals surface area contributed by atoms with Crippen LogP contribution in [0.15, 0.2) is 48.5 Å². The number of nitrogens with one attached hydrogen (secondary N) is 1. The third-order valence-electron chi connectivity index (χ3n) is 4.94. The molecule has 0 spiro atoms. The van der Waals surface area contributed by atoms with Crippen LogP contribution < -0.4 is 15.0 Å². The molecule has 3 rings (SSSR count). The molecule has 1 saturated heterocycles. The minimum absolute atomic E-state index is 0.0618. The second kappa shape index (κ2) is 9.91. The van der Waals surface area contributed by atoms with E-state index in [-0.39, 0.29) is 25.5 Å². The molecule has 0 bridgehead atoms. The molecule has 7 heteroatoms. The molecule has 1 N–H and O–H groups in total. The number of hydrogen-bond donors (Lipinski definition) is 1. The van der Waals surface area contributed by atoms with Crippen molar-refractivity contribution < 1.29 is 23.9 Å². The van der Waals surface area contributed by atoms with E-state index in [4.69, 9.17) is 9.47 Å². The Balaban J connectivity index is 1.52. The van der Waals surface area contributed by atoms with E-state index in [2.05, 4.69) is 5.32 Å². The van der Waals surface area contributed by atoms with Gasteiger partial charge in [0.2, 0.25) is 5.91 Å². The predicted octanol–water partition coefficient (Wildman–Crippen LogP) is 3.18. The van der Waals surface area contributed by atoms with Gasteiger partial charge in [0.15, 0.2) is 6.61 Å². The molecule has 1 unspecified atom stereocenters. The van der Waals surface area contributed by atoms with E-state index in [0.29, 0.717) is 18.0 Å². The first-order chi connectivity index (χ1) is 14.5. The number of benzene rings is 2. The average molecular weight is 410 g/mol. The Bertz CT molecular complexity index is 910. The molecule has 7 nitrogen and oxygen atoms in total. The number of carbonyl (C=O) groups excluding carboxylic acids is 3. The third kappa shape index (κ3) is 5.17. The van der Waals surface area contributed by atoms with Crippen molar-refractivity contribution in [3.05, 3.63) is 54.1 Å². The molecule has 158 valence electrons. The summed E-state index contributed by atoms with van der Waals surface area (Å²) in [6.07, 6.45) is 0.841. The van der Waals surface area contributed by atoms with Crippen LogP contribution in [0.3, 0.4) is 0 Å². The van der Waals surface area contributed by atoms with Crippen molar-refractivity contribution in [2.45, 2.75) is 26.7 Å². The summed E-state index contributed by atoms with van der Waals surface area (Å²) in [6, 6.07) is 14.6. The van der Waals surface area contributed by atoms with E-state index < -0.39 is 17.8 Å². The maximum Gasteiger partial charge on any atom is 0.311 e. The van der Waals surface area contributed by atoms with Crippen LogP contribution in [0.5, 0.6) is 5.75 Å². The van der Waals surface area contributed by atoms with Gasteiger partial charge in [-0.3, -0.25) is 14.4 Å². The Kier molecular flexibility index (Phi) is 7.06. The number of ether oxygens (including phenoxy) is 2. The maximum absolute atomic E-state index is 12.4.